The third-order valence-electron chi connectivity index (χ3n) is 2.37. The van der Waals surface area contributed by atoms with E-state index < -0.39 is 9.84 Å². The Kier molecular flexibility index (Phi) is 5.49. The minimum Gasteiger partial charge on any atom is -0.317 e. The summed E-state index contributed by atoms with van der Waals surface area (Å²) in [5.41, 5.74) is 0. The lowest BCUT2D eigenvalue weighted by Gasteiger charge is -2.04. The molecule has 1 N–H and O–H groups in total. The van der Waals surface area contributed by atoms with Crippen molar-refractivity contribution in [3.63, 3.8) is 0 Å². The second-order valence-electron chi connectivity index (χ2n) is 3.69. The predicted octanol–water partition coefficient (Wildman–Crippen LogP) is 1.85. The third kappa shape index (κ3) is 4.33. The maximum atomic E-state index is 11.8. The smallest absolute Gasteiger partial charge is 0.178 e. The lowest BCUT2D eigenvalue weighted by atomic mass is 10.3. The van der Waals surface area contributed by atoms with Gasteiger partial charge in [-0.2, -0.15) is 0 Å². The lowest BCUT2D eigenvalue weighted by molar-refractivity contribution is 0.588. The summed E-state index contributed by atoms with van der Waals surface area (Å²) in [4.78, 5) is 0.429. The molecule has 0 saturated heterocycles. The summed E-state index contributed by atoms with van der Waals surface area (Å²) in [7, 11) is -3.08. The van der Waals surface area contributed by atoms with Gasteiger partial charge in [-0.3, -0.25) is 0 Å². The molecule has 0 aromatic heterocycles. The van der Waals surface area contributed by atoms with Crippen LogP contribution in [-0.4, -0.2) is 27.3 Å². The lowest BCUT2D eigenvalue weighted by Crippen LogP contribution is -2.15. The fourth-order valence-electron chi connectivity index (χ4n) is 1.46. The summed E-state index contributed by atoms with van der Waals surface area (Å²) in [5.74, 6) is 0.238. The normalized spacial score (nSPS) is 11.6. The average Bonchev–Trinajstić information content (AvgIpc) is 2.30. The monoisotopic (exact) mass is 241 g/mol. The van der Waals surface area contributed by atoms with Crippen molar-refractivity contribution in [1.82, 2.24) is 5.32 Å². The predicted molar refractivity (Wildman–Crippen MR) is 66.3 cm³/mol. The number of hydrogen-bond acceptors (Lipinski definition) is 3. The molecule has 4 heteroatoms. The zero-order valence-electron chi connectivity index (χ0n) is 9.65. The van der Waals surface area contributed by atoms with Crippen LogP contribution in [0, 0.1) is 0 Å². The van der Waals surface area contributed by atoms with Gasteiger partial charge in [-0.05, 0) is 38.1 Å². The van der Waals surface area contributed by atoms with Crippen LogP contribution in [0.4, 0.5) is 0 Å². The van der Waals surface area contributed by atoms with Crippen molar-refractivity contribution in [2.24, 2.45) is 0 Å². The van der Waals surface area contributed by atoms with Crippen molar-refractivity contribution in [2.75, 3.05) is 18.8 Å². The van der Waals surface area contributed by atoms with E-state index in [-0.39, 0.29) is 5.75 Å². The highest BCUT2D eigenvalue weighted by atomic mass is 32.2. The number of hydrogen-bond donors (Lipinski definition) is 1. The number of rotatable bonds is 7. The van der Waals surface area contributed by atoms with Gasteiger partial charge in [0.15, 0.2) is 9.84 Å². The quantitative estimate of drug-likeness (QED) is 0.741. The van der Waals surface area contributed by atoms with E-state index in [2.05, 4.69) is 5.32 Å². The third-order valence-corrected chi connectivity index (χ3v) is 4.19. The van der Waals surface area contributed by atoms with E-state index in [1.807, 2.05) is 13.0 Å². The van der Waals surface area contributed by atoms with Gasteiger partial charge < -0.3 is 5.32 Å². The minimum absolute atomic E-state index is 0.238. The molecule has 0 aliphatic heterocycles. The average molecular weight is 241 g/mol. The molecular formula is C12H19NO2S. The van der Waals surface area contributed by atoms with Crippen LogP contribution in [0.15, 0.2) is 35.2 Å². The zero-order chi connectivity index (χ0) is 11.9. The fourth-order valence-corrected chi connectivity index (χ4v) is 2.86. The van der Waals surface area contributed by atoms with Gasteiger partial charge in [-0.15, -0.1) is 0 Å². The number of sulfone groups is 1. The van der Waals surface area contributed by atoms with Crippen molar-refractivity contribution in [1.29, 1.82) is 0 Å². The fraction of sp³-hybridized carbons (Fsp3) is 0.500. The van der Waals surface area contributed by atoms with Crippen molar-refractivity contribution >= 4 is 9.84 Å². The summed E-state index contributed by atoms with van der Waals surface area (Å²) in [6.07, 6.45) is 1.62. The van der Waals surface area contributed by atoms with Crippen LogP contribution in [-0.2, 0) is 9.84 Å². The van der Waals surface area contributed by atoms with E-state index in [1.54, 1.807) is 24.3 Å². The van der Waals surface area contributed by atoms with Gasteiger partial charge >= 0.3 is 0 Å². The van der Waals surface area contributed by atoms with Crippen LogP contribution in [0.2, 0.25) is 0 Å². The first kappa shape index (κ1) is 13.2. The van der Waals surface area contributed by atoms with Crippen LogP contribution in [0.1, 0.15) is 19.8 Å². The van der Waals surface area contributed by atoms with Gasteiger partial charge in [0.1, 0.15) is 0 Å². The van der Waals surface area contributed by atoms with Crippen LogP contribution in [0.3, 0.4) is 0 Å². The minimum atomic E-state index is -3.08. The zero-order valence-corrected chi connectivity index (χ0v) is 10.5. The van der Waals surface area contributed by atoms with Crippen LogP contribution in [0.25, 0.3) is 0 Å². The van der Waals surface area contributed by atoms with Crippen molar-refractivity contribution in [3.05, 3.63) is 30.3 Å². The molecule has 0 heterocycles. The Morgan fingerprint density at radius 1 is 1.12 bits per heavy atom. The molecule has 0 saturated carbocycles. The van der Waals surface area contributed by atoms with Crippen molar-refractivity contribution in [3.8, 4) is 0 Å². The van der Waals surface area contributed by atoms with Crippen molar-refractivity contribution in [2.45, 2.75) is 24.7 Å². The number of benzene rings is 1. The van der Waals surface area contributed by atoms with E-state index in [1.165, 1.54) is 0 Å². The Morgan fingerprint density at radius 2 is 1.81 bits per heavy atom. The maximum Gasteiger partial charge on any atom is 0.178 e. The van der Waals surface area contributed by atoms with Gasteiger partial charge in [0.05, 0.1) is 10.6 Å². The molecule has 0 bridgehead atoms. The van der Waals surface area contributed by atoms with Crippen LogP contribution < -0.4 is 5.32 Å². The van der Waals surface area contributed by atoms with E-state index in [0.717, 1.165) is 19.5 Å². The Labute approximate surface area is 97.8 Å². The van der Waals surface area contributed by atoms with Gasteiger partial charge in [0.25, 0.3) is 0 Å². The molecule has 1 rings (SSSR count). The van der Waals surface area contributed by atoms with Gasteiger partial charge in [0.2, 0.25) is 0 Å². The van der Waals surface area contributed by atoms with E-state index in [0.29, 0.717) is 11.3 Å². The summed E-state index contributed by atoms with van der Waals surface area (Å²) in [6.45, 7) is 3.87. The molecular weight excluding hydrogens is 222 g/mol. The van der Waals surface area contributed by atoms with Crippen LogP contribution >= 0.6 is 0 Å². The molecule has 1 aromatic rings. The Balaban J connectivity index is 2.41. The molecule has 90 valence electrons. The molecule has 0 aliphatic carbocycles. The SMILES string of the molecule is CCNCCCCS(=O)(=O)c1ccccc1. The van der Waals surface area contributed by atoms with Gasteiger partial charge in [0, 0.05) is 0 Å². The number of unbranched alkanes of at least 4 members (excludes halogenated alkanes) is 1. The molecule has 0 atom stereocenters. The standard InChI is InChI=1S/C12H19NO2S/c1-2-13-10-6-7-11-16(14,15)12-8-4-3-5-9-12/h3-5,8-9,13H,2,6-7,10-11H2,1H3. The summed E-state index contributed by atoms with van der Waals surface area (Å²) < 4.78 is 23.7. The first-order valence-corrected chi connectivity index (χ1v) is 7.30. The number of nitrogens with one attached hydrogen (secondary N) is 1. The largest absolute Gasteiger partial charge is 0.317 e. The summed E-state index contributed by atoms with van der Waals surface area (Å²) in [6, 6.07) is 8.64. The molecule has 3 nitrogen and oxygen atoms in total. The van der Waals surface area contributed by atoms with E-state index >= 15 is 0 Å². The first-order chi connectivity index (χ1) is 7.67. The highest BCUT2D eigenvalue weighted by Crippen LogP contribution is 2.11. The highest BCUT2D eigenvalue weighted by Gasteiger charge is 2.12. The molecule has 0 amide bonds. The topological polar surface area (TPSA) is 46.2 Å². The highest BCUT2D eigenvalue weighted by molar-refractivity contribution is 7.91. The summed E-state index contributed by atoms with van der Waals surface area (Å²) >= 11 is 0. The van der Waals surface area contributed by atoms with Crippen LogP contribution in [0.5, 0.6) is 0 Å². The molecule has 0 fully saturated rings. The Morgan fingerprint density at radius 3 is 2.44 bits per heavy atom. The van der Waals surface area contributed by atoms with E-state index in [9.17, 15) is 8.42 Å². The van der Waals surface area contributed by atoms with Gasteiger partial charge in [-0.25, -0.2) is 8.42 Å². The molecule has 0 spiro atoms. The Hall–Kier alpha value is -0.870. The molecule has 0 radical (unpaired) electrons. The first-order valence-electron chi connectivity index (χ1n) is 5.65. The summed E-state index contributed by atoms with van der Waals surface area (Å²) in [5, 5.41) is 3.18. The maximum absolute atomic E-state index is 11.8. The Bertz CT molecular complexity index is 387. The van der Waals surface area contributed by atoms with Crippen molar-refractivity contribution < 1.29 is 8.42 Å². The molecule has 0 unspecified atom stereocenters. The second kappa shape index (κ2) is 6.66. The molecule has 16 heavy (non-hydrogen) atoms. The van der Waals surface area contributed by atoms with E-state index in [4.69, 9.17) is 0 Å². The molecule has 0 aliphatic rings. The molecule has 1 aromatic carbocycles. The van der Waals surface area contributed by atoms with Gasteiger partial charge in [-0.1, -0.05) is 25.1 Å². The second-order valence-corrected chi connectivity index (χ2v) is 5.80.